The molecule has 1 saturated carbocycles. The van der Waals surface area contributed by atoms with E-state index in [9.17, 15) is 10.1 Å². The lowest BCUT2D eigenvalue weighted by molar-refractivity contribution is -0.129. The van der Waals surface area contributed by atoms with Crippen molar-refractivity contribution in [3.05, 3.63) is 0 Å². The molecule has 0 bridgehead atoms. The summed E-state index contributed by atoms with van der Waals surface area (Å²) in [5, 5.41) is 12.6. The first kappa shape index (κ1) is 18.0. The van der Waals surface area contributed by atoms with E-state index in [2.05, 4.69) is 32.2 Å². The van der Waals surface area contributed by atoms with E-state index in [0.717, 1.165) is 44.9 Å². The molecule has 0 spiro atoms. The predicted octanol–water partition coefficient (Wildman–Crippen LogP) is 4.57. The summed E-state index contributed by atoms with van der Waals surface area (Å²) in [6.07, 6.45) is 10.6. The Morgan fingerprint density at radius 3 is 2.33 bits per heavy atom. The molecule has 1 fully saturated rings. The summed E-state index contributed by atoms with van der Waals surface area (Å²) >= 11 is 0. The van der Waals surface area contributed by atoms with Gasteiger partial charge in [0, 0.05) is 6.54 Å². The molecule has 0 aromatic heterocycles. The van der Waals surface area contributed by atoms with Crippen LogP contribution in [0.4, 0.5) is 0 Å². The van der Waals surface area contributed by atoms with Gasteiger partial charge in [0.25, 0.3) is 0 Å². The Bertz CT molecular complexity index is 360. The molecule has 0 atom stereocenters. The molecule has 3 nitrogen and oxygen atoms in total. The summed E-state index contributed by atoms with van der Waals surface area (Å²) < 4.78 is 0. The molecular weight excluding hydrogens is 260 g/mol. The quantitative estimate of drug-likeness (QED) is 0.552. The fourth-order valence-electron chi connectivity index (χ4n) is 3.15. The number of hydrogen-bond acceptors (Lipinski definition) is 2. The van der Waals surface area contributed by atoms with Crippen LogP contribution >= 0.6 is 0 Å². The average Bonchev–Trinajstić information content (AvgIpc) is 2.71. The Hall–Kier alpha value is -1.04. The zero-order valence-corrected chi connectivity index (χ0v) is 14.1. The summed E-state index contributed by atoms with van der Waals surface area (Å²) in [6, 6.07) is 2.33. The minimum absolute atomic E-state index is 0.0320. The van der Waals surface area contributed by atoms with E-state index in [4.69, 9.17) is 0 Å². The van der Waals surface area contributed by atoms with Gasteiger partial charge >= 0.3 is 0 Å². The molecule has 1 aliphatic rings. The van der Waals surface area contributed by atoms with Gasteiger partial charge in [-0.2, -0.15) is 5.26 Å². The van der Waals surface area contributed by atoms with Gasteiger partial charge in [0.2, 0.25) is 5.91 Å². The normalized spacial score (nSPS) is 18.6. The summed E-state index contributed by atoms with van der Waals surface area (Å²) in [5.41, 5.74) is -0.651. The van der Waals surface area contributed by atoms with Crippen LogP contribution in [-0.2, 0) is 4.79 Å². The van der Waals surface area contributed by atoms with E-state index in [1.54, 1.807) is 0 Å². The van der Waals surface area contributed by atoms with Gasteiger partial charge in [0.1, 0.15) is 5.41 Å². The second-order valence-electron chi connectivity index (χ2n) is 7.41. The molecule has 120 valence electrons. The van der Waals surface area contributed by atoms with Crippen LogP contribution in [0, 0.1) is 22.2 Å². The number of unbranched alkanes of at least 4 members (excludes halogenated alkanes) is 2. The molecule has 3 heteroatoms. The molecule has 0 aliphatic heterocycles. The third-order valence-corrected chi connectivity index (χ3v) is 4.79. The monoisotopic (exact) mass is 292 g/mol. The van der Waals surface area contributed by atoms with Gasteiger partial charge in [-0.3, -0.25) is 4.79 Å². The smallest absolute Gasteiger partial charge is 0.240 e. The maximum atomic E-state index is 12.5. The largest absolute Gasteiger partial charge is 0.354 e. The molecule has 0 radical (unpaired) electrons. The van der Waals surface area contributed by atoms with Crippen LogP contribution in [0.2, 0.25) is 0 Å². The van der Waals surface area contributed by atoms with Crippen molar-refractivity contribution in [1.82, 2.24) is 5.32 Å². The molecule has 1 rings (SSSR count). The Morgan fingerprint density at radius 1 is 1.19 bits per heavy atom. The highest BCUT2D eigenvalue weighted by Crippen LogP contribution is 2.35. The first-order valence-electron chi connectivity index (χ1n) is 8.65. The van der Waals surface area contributed by atoms with Crippen LogP contribution in [0.3, 0.4) is 0 Å². The number of hydrogen-bond donors (Lipinski definition) is 1. The highest BCUT2D eigenvalue weighted by Gasteiger charge is 2.39. The van der Waals surface area contributed by atoms with Crippen LogP contribution in [0.15, 0.2) is 0 Å². The number of rotatable bonds is 7. The van der Waals surface area contributed by atoms with Crippen molar-refractivity contribution in [3.63, 3.8) is 0 Å². The van der Waals surface area contributed by atoms with E-state index in [1.165, 1.54) is 19.3 Å². The molecule has 21 heavy (non-hydrogen) atoms. The second-order valence-corrected chi connectivity index (χ2v) is 7.41. The summed E-state index contributed by atoms with van der Waals surface area (Å²) in [5.74, 6) is -0.0320. The van der Waals surface area contributed by atoms with Crippen molar-refractivity contribution < 1.29 is 4.79 Å². The zero-order valence-electron chi connectivity index (χ0n) is 14.1. The van der Waals surface area contributed by atoms with Crippen LogP contribution in [0.1, 0.15) is 85.0 Å². The second kappa shape index (κ2) is 8.41. The molecule has 0 aromatic rings. The summed E-state index contributed by atoms with van der Waals surface area (Å²) in [6.45, 7) is 7.29. The van der Waals surface area contributed by atoms with Gasteiger partial charge in [-0.1, -0.05) is 65.7 Å². The van der Waals surface area contributed by atoms with Crippen LogP contribution < -0.4 is 5.32 Å². The lowest BCUT2D eigenvalue weighted by Gasteiger charge is -2.29. The highest BCUT2D eigenvalue weighted by molar-refractivity contribution is 5.85. The minimum atomic E-state index is -0.768. The molecule has 0 aromatic carbocycles. The highest BCUT2D eigenvalue weighted by atomic mass is 16.2. The number of nitrogens with zero attached hydrogens (tertiary/aromatic N) is 1. The van der Waals surface area contributed by atoms with Crippen LogP contribution in [-0.4, -0.2) is 12.5 Å². The van der Waals surface area contributed by atoms with E-state index < -0.39 is 5.41 Å². The SMILES string of the molecule is CCCCCC(C)(C)CNC(=O)C1(C#N)CCCCCC1. The average molecular weight is 292 g/mol. The predicted molar refractivity (Wildman–Crippen MR) is 86.7 cm³/mol. The van der Waals surface area contributed by atoms with Gasteiger partial charge in [0.15, 0.2) is 0 Å². The number of nitriles is 1. The Labute approximate surface area is 130 Å². The van der Waals surface area contributed by atoms with Crippen LogP contribution in [0.25, 0.3) is 0 Å². The number of nitrogens with one attached hydrogen (secondary N) is 1. The first-order valence-corrected chi connectivity index (χ1v) is 8.65. The third-order valence-electron chi connectivity index (χ3n) is 4.79. The van der Waals surface area contributed by atoms with Crippen molar-refractivity contribution >= 4 is 5.91 Å². The zero-order chi connectivity index (χ0) is 15.8. The lowest BCUT2D eigenvalue weighted by Crippen LogP contribution is -2.43. The fourth-order valence-corrected chi connectivity index (χ4v) is 3.15. The van der Waals surface area contributed by atoms with Crippen molar-refractivity contribution in [2.75, 3.05) is 6.54 Å². The fraction of sp³-hybridized carbons (Fsp3) is 0.889. The van der Waals surface area contributed by atoms with Gasteiger partial charge in [-0.15, -0.1) is 0 Å². The third kappa shape index (κ3) is 5.69. The maximum absolute atomic E-state index is 12.5. The number of amides is 1. The van der Waals surface area contributed by atoms with Crippen molar-refractivity contribution in [3.8, 4) is 6.07 Å². The van der Waals surface area contributed by atoms with Gasteiger partial charge < -0.3 is 5.32 Å². The summed E-state index contributed by atoms with van der Waals surface area (Å²) in [7, 11) is 0. The molecule has 0 unspecified atom stereocenters. The van der Waals surface area contributed by atoms with Crippen molar-refractivity contribution in [2.24, 2.45) is 10.8 Å². The van der Waals surface area contributed by atoms with Crippen molar-refractivity contribution in [2.45, 2.75) is 85.0 Å². The Morgan fingerprint density at radius 2 is 1.81 bits per heavy atom. The maximum Gasteiger partial charge on any atom is 0.240 e. The molecule has 1 aliphatic carbocycles. The molecular formula is C18H32N2O. The first-order chi connectivity index (χ1) is 9.96. The topological polar surface area (TPSA) is 52.9 Å². The standard InChI is InChI=1S/C18H32N2O/c1-4-5-8-11-17(2,3)15-20-16(21)18(14-19)12-9-6-7-10-13-18/h4-13,15H2,1-3H3,(H,20,21). The van der Waals surface area contributed by atoms with Crippen LogP contribution in [0.5, 0.6) is 0 Å². The molecule has 0 heterocycles. The molecule has 1 N–H and O–H groups in total. The molecule has 0 saturated heterocycles. The lowest BCUT2D eigenvalue weighted by atomic mass is 9.80. The van der Waals surface area contributed by atoms with E-state index in [-0.39, 0.29) is 11.3 Å². The summed E-state index contributed by atoms with van der Waals surface area (Å²) in [4.78, 5) is 12.5. The molecule has 1 amide bonds. The Balaban J connectivity index is 2.52. The van der Waals surface area contributed by atoms with Crippen molar-refractivity contribution in [1.29, 1.82) is 5.26 Å². The van der Waals surface area contributed by atoms with E-state index in [1.807, 2.05) is 0 Å². The van der Waals surface area contributed by atoms with Gasteiger partial charge in [-0.25, -0.2) is 0 Å². The Kier molecular flexibility index (Phi) is 7.22. The van der Waals surface area contributed by atoms with E-state index in [0.29, 0.717) is 6.54 Å². The van der Waals surface area contributed by atoms with E-state index >= 15 is 0 Å². The van der Waals surface area contributed by atoms with Gasteiger partial charge in [-0.05, 0) is 24.7 Å². The van der Waals surface area contributed by atoms with Gasteiger partial charge in [0.05, 0.1) is 6.07 Å². The number of carbonyl (C=O) groups is 1. The number of carbonyl (C=O) groups excluding carboxylic acids is 1. The minimum Gasteiger partial charge on any atom is -0.354 e.